The topological polar surface area (TPSA) is 74.7 Å². The predicted octanol–water partition coefficient (Wildman–Crippen LogP) is 2.06. The Kier molecular flexibility index (Phi) is 4.60. The fourth-order valence-corrected chi connectivity index (χ4v) is 6.11. The molecule has 1 aromatic rings. The molecule has 5 nitrogen and oxygen atoms in total. The van der Waals surface area contributed by atoms with Gasteiger partial charge in [-0.3, -0.25) is 4.79 Å². The average Bonchev–Trinajstić information content (AvgIpc) is 2.82. The summed E-state index contributed by atoms with van der Waals surface area (Å²) in [6.45, 7) is 3.30. The lowest BCUT2D eigenvalue weighted by Gasteiger charge is -2.26. The van der Waals surface area contributed by atoms with Crippen LogP contribution >= 0.6 is 11.8 Å². The van der Waals surface area contributed by atoms with Crippen LogP contribution in [0.2, 0.25) is 0 Å². The van der Waals surface area contributed by atoms with E-state index in [1.807, 2.05) is 6.92 Å². The van der Waals surface area contributed by atoms with E-state index in [1.54, 1.807) is 0 Å². The lowest BCUT2D eigenvalue weighted by atomic mass is 10.2. The molecule has 116 valence electrons. The molecular formula is C13H16FNO4S2. The average molecular weight is 333 g/mol. The van der Waals surface area contributed by atoms with E-state index in [4.69, 9.17) is 0 Å². The molecule has 1 fully saturated rings. The summed E-state index contributed by atoms with van der Waals surface area (Å²) in [4.78, 5) is 11.3. The number of carboxylic acid groups (broad SMARTS) is 1. The zero-order valence-corrected chi connectivity index (χ0v) is 13.2. The molecule has 0 amide bonds. The van der Waals surface area contributed by atoms with Gasteiger partial charge in [-0.1, -0.05) is 6.92 Å². The van der Waals surface area contributed by atoms with E-state index in [2.05, 4.69) is 0 Å². The highest BCUT2D eigenvalue weighted by atomic mass is 32.2. The monoisotopic (exact) mass is 333 g/mol. The van der Waals surface area contributed by atoms with Gasteiger partial charge < -0.3 is 5.11 Å². The summed E-state index contributed by atoms with van der Waals surface area (Å²) in [5, 5.41) is 8.83. The number of carboxylic acids is 1. The lowest BCUT2D eigenvalue weighted by molar-refractivity contribution is -0.140. The molecule has 21 heavy (non-hydrogen) atoms. The Bertz CT molecular complexity index is 662. The van der Waals surface area contributed by atoms with Crippen molar-refractivity contribution in [2.75, 3.05) is 5.75 Å². The molecule has 1 N–H and O–H groups in total. The highest BCUT2D eigenvalue weighted by Gasteiger charge is 2.46. The van der Waals surface area contributed by atoms with Gasteiger partial charge in [0.2, 0.25) is 10.0 Å². The number of aryl methyl sites for hydroxylation is 1. The Morgan fingerprint density at radius 2 is 2.19 bits per heavy atom. The van der Waals surface area contributed by atoms with Gasteiger partial charge in [-0.15, -0.1) is 11.8 Å². The van der Waals surface area contributed by atoms with Gasteiger partial charge in [0, 0.05) is 5.75 Å². The molecule has 0 bridgehead atoms. The van der Waals surface area contributed by atoms with Crippen LogP contribution in [0.15, 0.2) is 23.1 Å². The maximum atomic E-state index is 13.2. The van der Waals surface area contributed by atoms with Gasteiger partial charge >= 0.3 is 5.97 Å². The summed E-state index contributed by atoms with van der Waals surface area (Å²) in [5.41, 5.74) is 0.269. The molecule has 1 aromatic carbocycles. The molecule has 1 heterocycles. The van der Waals surface area contributed by atoms with Crippen LogP contribution in [0.1, 0.15) is 18.9 Å². The maximum Gasteiger partial charge on any atom is 0.322 e. The molecule has 1 aliphatic heterocycles. The molecule has 0 aromatic heterocycles. The second-order valence-corrected chi connectivity index (χ2v) is 7.82. The number of rotatable bonds is 4. The van der Waals surface area contributed by atoms with Crippen LogP contribution in [-0.4, -0.2) is 41.0 Å². The Morgan fingerprint density at radius 3 is 2.71 bits per heavy atom. The summed E-state index contributed by atoms with van der Waals surface area (Å²) in [6.07, 6.45) is 0.508. The minimum atomic E-state index is -3.98. The number of hydrogen-bond acceptors (Lipinski definition) is 4. The third-order valence-electron chi connectivity index (χ3n) is 3.36. The highest BCUT2D eigenvalue weighted by molar-refractivity contribution is 8.01. The van der Waals surface area contributed by atoms with Gasteiger partial charge in [0.05, 0.1) is 10.3 Å². The molecule has 2 unspecified atom stereocenters. The molecule has 2 rings (SSSR count). The van der Waals surface area contributed by atoms with Gasteiger partial charge in [-0.2, -0.15) is 4.31 Å². The molecule has 8 heteroatoms. The van der Waals surface area contributed by atoms with Crippen LogP contribution in [0.3, 0.4) is 0 Å². The molecule has 1 saturated heterocycles. The van der Waals surface area contributed by atoms with E-state index >= 15 is 0 Å². The van der Waals surface area contributed by atoms with Crippen molar-refractivity contribution in [1.82, 2.24) is 4.31 Å². The second-order valence-electron chi connectivity index (χ2n) is 4.80. The third-order valence-corrected chi connectivity index (χ3v) is 7.03. The molecule has 1 aliphatic rings. The van der Waals surface area contributed by atoms with E-state index in [-0.39, 0.29) is 16.2 Å². The van der Waals surface area contributed by atoms with Gasteiger partial charge in [-0.25, -0.2) is 12.8 Å². The van der Waals surface area contributed by atoms with Crippen molar-refractivity contribution in [2.24, 2.45) is 0 Å². The number of benzene rings is 1. The SMILES string of the molecule is CCC1SCC(C(=O)O)N1S(=O)(=O)c1ccc(F)cc1C. The number of thioether (sulfide) groups is 1. The molecule has 0 spiro atoms. The molecular weight excluding hydrogens is 317 g/mol. The van der Waals surface area contributed by atoms with E-state index in [0.29, 0.717) is 6.42 Å². The molecule has 0 radical (unpaired) electrons. The van der Waals surface area contributed by atoms with Crippen molar-refractivity contribution in [1.29, 1.82) is 0 Å². The Morgan fingerprint density at radius 1 is 1.52 bits per heavy atom. The standard InChI is InChI=1S/C13H16FNO4S2/c1-3-12-15(10(7-20-12)13(16)17)21(18,19)11-5-4-9(14)6-8(11)2/h4-6,10,12H,3,7H2,1-2H3,(H,16,17). The van der Waals surface area contributed by atoms with Crippen molar-refractivity contribution in [2.45, 2.75) is 36.6 Å². The van der Waals surface area contributed by atoms with Gasteiger partial charge in [0.15, 0.2) is 0 Å². The van der Waals surface area contributed by atoms with Crippen LogP contribution in [0, 0.1) is 12.7 Å². The fraction of sp³-hybridized carbons (Fsp3) is 0.462. The number of carbonyl (C=O) groups is 1. The molecule has 0 aliphatic carbocycles. The highest BCUT2D eigenvalue weighted by Crippen LogP contribution is 2.37. The Hall–Kier alpha value is -1.12. The van der Waals surface area contributed by atoms with E-state index in [1.165, 1.54) is 24.8 Å². The summed E-state index contributed by atoms with van der Waals surface area (Å²) in [7, 11) is -3.98. The Labute approximate surface area is 127 Å². The normalized spacial score (nSPS) is 23.4. The molecule has 2 atom stereocenters. The van der Waals surface area contributed by atoms with Crippen LogP contribution in [-0.2, 0) is 14.8 Å². The number of aliphatic carboxylic acids is 1. The van der Waals surface area contributed by atoms with Gasteiger partial charge in [0.1, 0.15) is 11.9 Å². The van der Waals surface area contributed by atoms with Gasteiger partial charge in [-0.05, 0) is 37.1 Å². The van der Waals surface area contributed by atoms with Crippen molar-refractivity contribution < 1.29 is 22.7 Å². The third kappa shape index (κ3) is 2.93. The van der Waals surface area contributed by atoms with Gasteiger partial charge in [0.25, 0.3) is 0 Å². The summed E-state index contributed by atoms with van der Waals surface area (Å²) >= 11 is 1.31. The van der Waals surface area contributed by atoms with E-state index in [0.717, 1.165) is 16.4 Å². The minimum absolute atomic E-state index is 0.0453. The summed E-state index contributed by atoms with van der Waals surface area (Å²) in [6, 6.07) is 2.30. The number of nitrogens with zero attached hydrogens (tertiary/aromatic N) is 1. The van der Waals surface area contributed by atoms with Crippen LogP contribution in [0.25, 0.3) is 0 Å². The molecule has 0 saturated carbocycles. The minimum Gasteiger partial charge on any atom is -0.480 e. The number of hydrogen-bond donors (Lipinski definition) is 1. The largest absolute Gasteiger partial charge is 0.480 e. The number of sulfonamides is 1. The van der Waals surface area contributed by atoms with Crippen LogP contribution in [0.5, 0.6) is 0 Å². The van der Waals surface area contributed by atoms with Crippen LogP contribution in [0.4, 0.5) is 4.39 Å². The number of halogens is 1. The first kappa shape index (κ1) is 16.3. The zero-order valence-electron chi connectivity index (χ0n) is 11.6. The predicted molar refractivity (Wildman–Crippen MR) is 78.1 cm³/mol. The Balaban J connectivity index is 2.52. The summed E-state index contributed by atoms with van der Waals surface area (Å²) in [5.74, 6) is -1.47. The first-order valence-electron chi connectivity index (χ1n) is 6.43. The van der Waals surface area contributed by atoms with Crippen molar-refractivity contribution >= 4 is 27.8 Å². The maximum absolute atomic E-state index is 13.2. The van der Waals surface area contributed by atoms with Crippen molar-refractivity contribution in [3.63, 3.8) is 0 Å². The lowest BCUT2D eigenvalue weighted by Crippen LogP contribution is -2.45. The van der Waals surface area contributed by atoms with E-state index in [9.17, 15) is 22.7 Å². The second kappa shape index (κ2) is 5.94. The quantitative estimate of drug-likeness (QED) is 0.913. The summed E-state index contributed by atoms with van der Waals surface area (Å²) < 4.78 is 39.8. The fourth-order valence-electron chi connectivity index (χ4n) is 2.37. The van der Waals surface area contributed by atoms with Crippen molar-refractivity contribution in [3.8, 4) is 0 Å². The smallest absolute Gasteiger partial charge is 0.322 e. The van der Waals surface area contributed by atoms with E-state index < -0.39 is 33.2 Å². The van der Waals surface area contributed by atoms with Crippen molar-refractivity contribution in [3.05, 3.63) is 29.6 Å². The van der Waals surface area contributed by atoms with Crippen LogP contribution < -0.4 is 0 Å². The first-order valence-corrected chi connectivity index (χ1v) is 8.92. The first-order chi connectivity index (χ1) is 9.78. The zero-order chi connectivity index (χ0) is 15.8.